The number of halogens is 1. The molecule has 134 valence electrons. The highest BCUT2D eigenvalue weighted by Crippen LogP contribution is 2.14. The maximum absolute atomic E-state index is 12.4. The second-order valence-corrected chi connectivity index (χ2v) is 7.03. The Bertz CT molecular complexity index is 492. The van der Waals surface area contributed by atoms with E-state index in [4.69, 9.17) is 17.3 Å². The van der Waals surface area contributed by atoms with Crippen LogP contribution in [0.3, 0.4) is 0 Å². The van der Waals surface area contributed by atoms with E-state index in [1.54, 1.807) is 0 Å². The van der Waals surface area contributed by atoms with Gasteiger partial charge in [0.25, 0.3) is 0 Å². The van der Waals surface area contributed by atoms with Crippen LogP contribution in [0.1, 0.15) is 44.1 Å². The van der Waals surface area contributed by atoms with Crippen molar-refractivity contribution in [3.8, 4) is 0 Å². The van der Waals surface area contributed by atoms with Crippen LogP contribution in [0.4, 0.5) is 0 Å². The molecular weight excluding hydrogens is 322 g/mol. The van der Waals surface area contributed by atoms with Crippen molar-refractivity contribution >= 4 is 17.5 Å². The van der Waals surface area contributed by atoms with Gasteiger partial charge in [0.05, 0.1) is 0 Å². The minimum atomic E-state index is 0.316. The number of nitrogens with zero attached hydrogens (tertiary/aromatic N) is 2. The van der Waals surface area contributed by atoms with Crippen LogP contribution in [0.5, 0.6) is 0 Å². The van der Waals surface area contributed by atoms with Gasteiger partial charge in [0.2, 0.25) is 5.91 Å². The fourth-order valence-corrected chi connectivity index (χ4v) is 3.28. The first-order valence-electron chi connectivity index (χ1n) is 9.13. The Hall–Kier alpha value is -1.10. The van der Waals surface area contributed by atoms with Crippen molar-refractivity contribution in [1.29, 1.82) is 0 Å². The van der Waals surface area contributed by atoms with Crippen LogP contribution in [0.15, 0.2) is 24.3 Å². The van der Waals surface area contributed by atoms with Crippen LogP contribution in [0, 0.1) is 0 Å². The van der Waals surface area contributed by atoms with Crippen LogP contribution < -0.4 is 5.73 Å². The van der Waals surface area contributed by atoms with Crippen molar-refractivity contribution in [3.05, 3.63) is 34.9 Å². The summed E-state index contributed by atoms with van der Waals surface area (Å²) in [5.74, 6) is 0.316. The van der Waals surface area contributed by atoms with Crippen molar-refractivity contribution in [1.82, 2.24) is 9.80 Å². The van der Waals surface area contributed by atoms with E-state index in [2.05, 4.69) is 17.0 Å². The first-order chi connectivity index (χ1) is 11.7. The second kappa shape index (κ2) is 10.7. The lowest BCUT2D eigenvalue weighted by molar-refractivity contribution is -0.131. The van der Waals surface area contributed by atoms with E-state index in [-0.39, 0.29) is 0 Å². The molecule has 0 bridgehead atoms. The standard InChI is InChI=1S/C19H30ClN3O/c20-18-9-7-17(8-10-18)16-22-12-5-13-23(15-14-22)19(24)6-3-1-2-4-11-21/h7-10H,1-6,11-16,21H2. The first-order valence-corrected chi connectivity index (χ1v) is 9.51. The van der Waals surface area contributed by atoms with Crippen molar-refractivity contribution in [2.75, 3.05) is 32.7 Å². The number of rotatable bonds is 8. The molecule has 1 aliphatic rings. The lowest BCUT2D eigenvalue weighted by atomic mass is 10.1. The lowest BCUT2D eigenvalue weighted by Gasteiger charge is -2.22. The number of carbonyl (C=O) groups is 1. The van der Waals surface area contributed by atoms with E-state index in [0.717, 1.165) is 76.4 Å². The number of hydrogen-bond acceptors (Lipinski definition) is 3. The molecule has 1 fully saturated rings. The molecule has 4 nitrogen and oxygen atoms in total. The summed E-state index contributed by atoms with van der Waals surface area (Å²) in [6.45, 7) is 5.40. The van der Waals surface area contributed by atoms with Crippen LogP contribution in [0.25, 0.3) is 0 Å². The molecule has 1 aliphatic heterocycles. The zero-order valence-electron chi connectivity index (χ0n) is 14.6. The van der Waals surface area contributed by atoms with Gasteiger partial charge in [0.1, 0.15) is 0 Å². The van der Waals surface area contributed by atoms with Crippen molar-refractivity contribution in [3.63, 3.8) is 0 Å². The van der Waals surface area contributed by atoms with Gasteiger partial charge < -0.3 is 10.6 Å². The zero-order valence-corrected chi connectivity index (χ0v) is 15.3. The van der Waals surface area contributed by atoms with Gasteiger partial charge >= 0.3 is 0 Å². The molecular formula is C19H30ClN3O. The third kappa shape index (κ3) is 6.80. The lowest BCUT2D eigenvalue weighted by Crippen LogP contribution is -2.34. The number of amides is 1. The van der Waals surface area contributed by atoms with E-state index in [0.29, 0.717) is 12.3 Å². The molecule has 1 aromatic carbocycles. The van der Waals surface area contributed by atoms with Crippen LogP contribution >= 0.6 is 11.6 Å². The summed E-state index contributed by atoms with van der Waals surface area (Å²) in [5, 5.41) is 0.776. The minimum Gasteiger partial charge on any atom is -0.341 e. The van der Waals surface area contributed by atoms with Gasteiger partial charge in [0, 0.05) is 44.2 Å². The number of nitrogens with two attached hydrogens (primary N) is 1. The molecule has 0 aromatic heterocycles. The molecule has 24 heavy (non-hydrogen) atoms. The first kappa shape index (κ1) is 19.2. The number of benzene rings is 1. The molecule has 1 aromatic rings. The van der Waals surface area contributed by atoms with Crippen LogP contribution in [0.2, 0.25) is 5.02 Å². The van der Waals surface area contributed by atoms with Gasteiger partial charge in [-0.1, -0.05) is 36.6 Å². The molecule has 2 rings (SSSR count). The zero-order chi connectivity index (χ0) is 17.2. The molecule has 5 heteroatoms. The summed E-state index contributed by atoms with van der Waals surface area (Å²) in [5.41, 5.74) is 6.77. The number of carbonyl (C=O) groups excluding carboxylic acids is 1. The summed E-state index contributed by atoms with van der Waals surface area (Å²) in [7, 11) is 0. The van der Waals surface area contributed by atoms with Crippen LogP contribution in [-0.2, 0) is 11.3 Å². The number of unbranched alkanes of at least 4 members (excludes halogenated alkanes) is 3. The van der Waals surface area contributed by atoms with Crippen molar-refractivity contribution < 1.29 is 4.79 Å². The number of hydrogen-bond donors (Lipinski definition) is 1. The third-order valence-electron chi connectivity index (χ3n) is 4.61. The van der Waals surface area contributed by atoms with E-state index in [1.165, 1.54) is 5.56 Å². The van der Waals surface area contributed by atoms with Gasteiger partial charge in [-0.15, -0.1) is 0 Å². The topological polar surface area (TPSA) is 49.6 Å². The third-order valence-corrected chi connectivity index (χ3v) is 4.86. The van der Waals surface area contributed by atoms with E-state index in [9.17, 15) is 4.79 Å². The Morgan fingerprint density at radius 2 is 1.75 bits per heavy atom. The van der Waals surface area contributed by atoms with Crippen molar-refractivity contribution in [2.24, 2.45) is 5.73 Å². The summed E-state index contributed by atoms with van der Waals surface area (Å²) in [6.07, 6.45) is 6.04. The Kier molecular flexibility index (Phi) is 8.57. The van der Waals surface area contributed by atoms with Crippen molar-refractivity contribution in [2.45, 2.75) is 45.1 Å². The SMILES string of the molecule is NCCCCCCC(=O)N1CCCN(Cc2ccc(Cl)cc2)CC1. The molecule has 0 saturated carbocycles. The molecule has 1 saturated heterocycles. The van der Waals surface area contributed by atoms with Gasteiger partial charge in [0.15, 0.2) is 0 Å². The fourth-order valence-electron chi connectivity index (χ4n) is 3.16. The summed E-state index contributed by atoms with van der Waals surface area (Å²) in [4.78, 5) is 16.8. The molecule has 0 atom stereocenters. The average Bonchev–Trinajstić information content (AvgIpc) is 2.82. The largest absolute Gasteiger partial charge is 0.341 e. The van der Waals surface area contributed by atoms with E-state index >= 15 is 0 Å². The Balaban J connectivity index is 1.71. The smallest absolute Gasteiger partial charge is 0.222 e. The summed E-state index contributed by atoms with van der Waals surface area (Å²) in [6, 6.07) is 8.04. The highest BCUT2D eigenvalue weighted by atomic mass is 35.5. The minimum absolute atomic E-state index is 0.316. The Morgan fingerprint density at radius 3 is 2.50 bits per heavy atom. The summed E-state index contributed by atoms with van der Waals surface area (Å²) < 4.78 is 0. The van der Waals surface area contributed by atoms with Crippen LogP contribution in [-0.4, -0.2) is 48.4 Å². The highest BCUT2D eigenvalue weighted by molar-refractivity contribution is 6.30. The van der Waals surface area contributed by atoms with Gasteiger partial charge in [-0.25, -0.2) is 0 Å². The predicted molar refractivity (Wildman–Crippen MR) is 100 cm³/mol. The Morgan fingerprint density at radius 1 is 1.00 bits per heavy atom. The summed E-state index contributed by atoms with van der Waals surface area (Å²) >= 11 is 5.94. The van der Waals surface area contributed by atoms with Gasteiger partial charge in [-0.05, 0) is 43.5 Å². The molecule has 1 heterocycles. The monoisotopic (exact) mass is 351 g/mol. The molecule has 0 aliphatic carbocycles. The maximum atomic E-state index is 12.4. The van der Waals surface area contributed by atoms with E-state index in [1.807, 2.05) is 17.0 Å². The molecule has 0 spiro atoms. The van der Waals surface area contributed by atoms with Gasteiger partial charge in [-0.3, -0.25) is 9.69 Å². The Labute approximate surface area is 150 Å². The second-order valence-electron chi connectivity index (χ2n) is 6.59. The van der Waals surface area contributed by atoms with E-state index < -0.39 is 0 Å². The quantitative estimate of drug-likeness (QED) is 0.731. The molecule has 0 radical (unpaired) electrons. The molecule has 2 N–H and O–H groups in total. The predicted octanol–water partition coefficient (Wildman–Crippen LogP) is 3.28. The van der Waals surface area contributed by atoms with Gasteiger partial charge in [-0.2, -0.15) is 0 Å². The fraction of sp³-hybridized carbons (Fsp3) is 0.632. The molecule has 1 amide bonds. The maximum Gasteiger partial charge on any atom is 0.222 e. The highest BCUT2D eigenvalue weighted by Gasteiger charge is 2.18. The average molecular weight is 352 g/mol. The normalized spacial score (nSPS) is 16.2. The molecule has 0 unspecified atom stereocenters.